The zero-order valence-electron chi connectivity index (χ0n) is 12.1. The smallest absolute Gasteiger partial charge is 0.220 e. The third kappa shape index (κ3) is 4.56. The SMILES string of the molecule is Cc1nc(CCCC(=O)NC2CCCCC2CO)cs1. The highest BCUT2D eigenvalue weighted by Gasteiger charge is 2.25. The molecule has 1 heterocycles. The van der Waals surface area contributed by atoms with Gasteiger partial charge < -0.3 is 10.4 Å². The number of amides is 1. The fourth-order valence-electron chi connectivity index (χ4n) is 2.85. The molecule has 1 aromatic heterocycles. The lowest BCUT2D eigenvalue weighted by molar-refractivity contribution is -0.122. The van der Waals surface area contributed by atoms with Crippen LogP contribution in [-0.2, 0) is 11.2 Å². The van der Waals surface area contributed by atoms with Gasteiger partial charge in [-0.2, -0.15) is 0 Å². The normalized spacial score (nSPS) is 22.7. The third-order valence-electron chi connectivity index (χ3n) is 3.99. The maximum Gasteiger partial charge on any atom is 0.220 e. The molecule has 0 saturated heterocycles. The first kappa shape index (κ1) is 15.4. The first-order valence-electron chi connectivity index (χ1n) is 7.50. The number of rotatable bonds is 6. The van der Waals surface area contributed by atoms with Crippen LogP contribution in [0.5, 0.6) is 0 Å². The number of aliphatic hydroxyl groups is 1. The lowest BCUT2D eigenvalue weighted by Crippen LogP contribution is -2.43. The molecule has 0 spiro atoms. The molecular formula is C15H24N2O2S. The third-order valence-corrected chi connectivity index (χ3v) is 4.82. The first-order chi connectivity index (χ1) is 9.69. The Balaban J connectivity index is 1.69. The zero-order valence-corrected chi connectivity index (χ0v) is 12.9. The predicted octanol–water partition coefficient (Wildman–Crippen LogP) is 2.44. The summed E-state index contributed by atoms with van der Waals surface area (Å²) in [4.78, 5) is 16.4. The Labute approximate surface area is 124 Å². The van der Waals surface area contributed by atoms with Crippen molar-refractivity contribution in [3.8, 4) is 0 Å². The van der Waals surface area contributed by atoms with E-state index in [1.807, 2.05) is 6.92 Å². The molecule has 1 aliphatic rings. The van der Waals surface area contributed by atoms with Crippen LogP contribution in [0.4, 0.5) is 0 Å². The molecule has 1 saturated carbocycles. The van der Waals surface area contributed by atoms with E-state index in [0.717, 1.165) is 42.8 Å². The number of carbonyl (C=O) groups is 1. The molecule has 2 rings (SSSR count). The number of hydrogen-bond acceptors (Lipinski definition) is 4. The number of nitrogens with one attached hydrogen (secondary N) is 1. The van der Waals surface area contributed by atoms with Crippen LogP contribution in [0.3, 0.4) is 0 Å². The number of aromatic nitrogens is 1. The van der Waals surface area contributed by atoms with Crippen molar-refractivity contribution >= 4 is 17.2 Å². The molecule has 0 aliphatic heterocycles. The molecule has 0 radical (unpaired) electrons. The number of nitrogens with zero attached hydrogens (tertiary/aromatic N) is 1. The molecule has 1 aromatic rings. The van der Waals surface area contributed by atoms with Gasteiger partial charge in [-0.1, -0.05) is 12.8 Å². The second-order valence-corrected chi connectivity index (χ2v) is 6.67. The van der Waals surface area contributed by atoms with E-state index in [9.17, 15) is 9.90 Å². The summed E-state index contributed by atoms with van der Waals surface area (Å²) in [5.74, 6) is 0.358. The van der Waals surface area contributed by atoms with Crippen LogP contribution in [0.15, 0.2) is 5.38 Å². The molecule has 1 aliphatic carbocycles. The summed E-state index contributed by atoms with van der Waals surface area (Å²) in [6, 6.07) is 0.169. The minimum atomic E-state index is 0.113. The van der Waals surface area contributed by atoms with Crippen LogP contribution < -0.4 is 5.32 Å². The monoisotopic (exact) mass is 296 g/mol. The minimum absolute atomic E-state index is 0.113. The number of thiazole rings is 1. The molecule has 1 amide bonds. The van der Waals surface area contributed by atoms with Gasteiger partial charge in [0, 0.05) is 30.4 Å². The highest BCUT2D eigenvalue weighted by molar-refractivity contribution is 7.09. The number of hydrogen-bond donors (Lipinski definition) is 2. The molecule has 2 unspecified atom stereocenters. The second kappa shape index (κ2) is 7.74. The first-order valence-corrected chi connectivity index (χ1v) is 8.38. The zero-order chi connectivity index (χ0) is 14.4. The average molecular weight is 296 g/mol. The quantitative estimate of drug-likeness (QED) is 0.847. The molecule has 1 fully saturated rings. The highest BCUT2D eigenvalue weighted by atomic mass is 32.1. The van der Waals surface area contributed by atoms with Gasteiger partial charge in [0.05, 0.1) is 10.7 Å². The summed E-state index contributed by atoms with van der Waals surface area (Å²) in [5.41, 5.74) is 1.09. The van der Waals surface area contributed by atoms with E-state index in [1.54, 1.807) is 11.3 Å². The highest BCUT2D eigenvalue weighted by Crippen LogP contribution is 2.24. The number of carbonyl (C=O) groups excluding carboxylic acids is 1. The molecule has 0 aromatic carbocycles. The van der Waals surface area contributed by atoms with Crippen LogP contribution >= 0.6 is 11.3 Å². The van der Waals surface area contributed by atoms with Crippen LogP contribution in [0.2, 0.25) is 0 Å². The summed E-state index contributed by atoms with van der Waals surface area (Å²) in [6.45, 7) is 2.18. The van der Waals surface area contributed by atoms with Gasteiger partial charge in [0.15, 0.2) is 0 Å². The van der Waals surface area contributed by atoms with Gasteiger partial charge in [-0.3, -0.25) is 4.79 Å². The van der Waals surface area contributed by atoms with Crippen molar-refractivity contribution in [2.45, 2.75) is 57.9 Å². The van der Waals surface area contributed by atoms with Crippen molar-refractivity contribution in [3.63, 3.8) is 0 Å². The number of aryl methyl sites for hydroxylation is 2. The lowest BCUT2D eigenvalue weighted by Gasteiger charge is -2.30. The van der Waals surface area contributed by atoms with E-state index in [1.165, 1.54) is 6.42 Å². The Morgan fingerprint density at radius 1 is 1.50 bits per heavy atom. The van der Waals surface area contributed by atoms with Crippen molar-refractivity contribution in [2.24, 2.45) is 5.92 Å². The molecule has 112 valence electrons. The lowest BCUT2D eigenvalue weighted by atomic mass is 9.85. The summed E-state index contributed by atoms with van der Waals surface area (Å²) in [6.07, 6.45) is 6.60. The van der Waals surface area contributed by atoms with Crippen LogP contribution in [0.25, 0.3) is 0 Å². The Bertz CT molecular complexity index is 433. The van der Waals surface area contributed by atoms with Crippen LogP contribution in [0.1, 0.15) is 49.2 Å². The van der Waals surface area contributed by atoms with E-state index in [4.69, 9.17) is 0 Å². The molecule has 2 atom stereocenters. The second-order valence-electron chi connectivity index (χ2n) is 5.61. The largest absolute Gasteiger partial charge is 0.396 e. The molecule has 4 nitrogen and oxygen atoms in total. The van der Waals surface area contributed by atoms with Gasteiger partial charge in [0.2, 0.25) is 5.91 Å². The van der Waals surface area contributed by atoms with Gasteiger partial charge in [0.25, 0.3) is 0 Å². The van der Waals surface area contributed by atoms with Crippen molar-refractivity contribution in [1.29, 1.82) is 0 Å². The summed E-state index contributed by atoms with van der Waals surface area (Å²) in [7, 11) is 0. The van der Waals surface area contributed by atoms with Gasteiger partial charge in [-0.25, -0.2) is 4.98 Å². The fourth-order valence-corrected chi connectivity index (χ4v) is 3.50. The van der Waals surface area contributed by atoms with Gasteiger partial charge in [-0.15, -0.1) is 11.3 Å². The predicted molar refractivity (Wildman–Crippen MR) is 80.8 cm³/mol. The van der Waals surface area contributed by atoms with E-state index in [2.05, 4.69) is 15.7 Å². The van der Waals surface area contributed by atoms with Gasteiger partial charge in [0.1, 0.15) is 0 Å². The van der Waals surface area contributed by atoms with Crippen LogP contribution in [0, 0.1) is 12.8 Å². The van der Waals surface area contributed by atoms with E-state index in [-0.39, 0.29) is 24.5 Å². The molecule has 5 heteroatoms. The van der Waals surface area contributed by atoms with E-state index < -0.39 is 0 Å². The van der Waals surface area contributed by atoms with E-state index >= 15 is 0 Å². The van der Waals surface area contributed by atoms with Gasteiger partial charge >= 0.3 is 0 Å². The van der Waals surface area contributed by atoms with Crippen molar-refractivity contribution < 1.29 is 9.90 Å². The fraction of sp³-hybridized carbons (Fsp3) is 0.733. The standard InChI is InChI=1S/C15H24N2O2S/c1-11-16-13(10-20-11)6-4-8-15(19)17-14-7-3-2-5-12(14)9-18/h10,12,14,18H,2-9H2,1H3,(H,17,19). The maximum atomic E-state index is 12.0. The van der Waals surface area contributed by atoms with Gasteiger partial charge in [-0.05, 0) is 32.6 Å². The topological polar surface area (TPSA) is 62.2 Å². The molecule has 0 bridgehead atoms. The van der Waals surface area contributed by atoms with Crippen LogP contribution in [-0.4, -0.2) is 28.6 Å². The minimum Gasteiger partial charge on any atom is -0.396 e. The Hall–Kier alpha value is -0.940. The molecule has 20 heavy (non-hydrogen) atoms. The Morgan fingerprint density at radius 2 is 2.30 bits per heavy atom. The van der Waals surface area contributed by atoms with Crippen molar-refractivity contribution in [1.82, 2.24) is 10.3 Å². The summed E-state index contributed by atoms with van der Waals surface area (Å²) < 4.78 is 0. The summed E-state index contributed by atoms with van der Waals surface area (Å²) >= 11 is 1.66. The summed E-state index contributed by atoms with van der Waals surface area (Å²) in [5, 5.41) is 15.6. The maximum absolute atomic E-state index is 12.0. The molecular weight excluding hydrogens is 272 g/mol. The number of aliphatic hydroxyl groups excluding tert-OH is 1. The van der Waals surface area contributed by atoms with Crippen molar-refractivity contribution in [2.75, 3.05) is 6.61 Å². The molecule has 2 N–H and O–H groups in total. The van der Waals surface area contributed by atoms with E-state index in [0.29, 0.717) is 6.42 Å². The van der Waals surface area contributed by atoms with Crippen molar-refractivity contribution in [3.05, 3.63) is 16.1 Å². The Kier molecular flexibility index (Phi) is 5.98. The average Bonchev–Trinajstić information content (AvgIpc) is 2.85. The Morgan fingerprint density at radius 3 is 3.00 bits per heavy atom.